The summed E-state index contributed by atoms with van der Waals surface area (Å²) in [5.74, 6) is 5.99. The third-order valence-electron chi connectivity index (χ3n) is 4.00. The Morgan fingerprint density at radius 1 is 0.926 bits per heavy atom. The molecule has 2 aromatic rings. The summed E-state index contributed by atoms with van der Waals surface area (Å²) in [6.07, 6.45) is 3.96. The summed E-state index contributed by atoms with van der Waals surface area (Å²) in [6.45, 7) is 3.71. The highest BCUT2D eigenvalue weighted by Crippen LogP contribution is 2.24. The number of benzene rings is 2. The lowest BCUT2D eigenvalue weighted by Gasteiger charge is -2.12. The van der Waals surface area contributed by atoms with Crippen molar-refractivity contribution in [2.75, 3.05) is 0 Å². The van der Waals surface area contributed by atoms with E-state index in [-0.39, 0.29) is 6.42 Å². The van der Waals surface area contributed by atoms with Gasteiger partial charge < -0.3 is 10.2 Å². The highest BCUT2D eigenvalue weighted by Gasteiger charge is 2.12. The van der Waals surface area contributed by atoms with Crippen LogP contribution in [-0.4, -0.2) is 10.2 Å². The third-order valence-corrected chi connectivity index (χ3v) is 4.50. The van der Waals surface area contributed by atoms with Crippen LogP contribution in [0.4, 0.5) is 0 Å². The van der Waals surface area contributed by atoms with E-state index in [0.29, 0.717) is 15.6 Å². The monoisotopic (exact) mass is 400 g/mol. The maximum absolute atomic E-state index is 10.7. The molecule has 0 amide bonds. The zero-order valence-electron chi connectivity index (χ0n) is 14.9. The Hall–Kier alpha value is -2.02. The Morgan fingerprint density at radius 2 is 1.48 bits per heavy atom. The van der Waals surface area contributed by atoms with Crippen LogP contribution in [0.2, 0.25) is 10.0 Å². The van der Waals surface area contributed by atoms with Gasteiger partial charge in [-0.3, -0.25) is 0 Å². The van der Waals surface area contributed by atoms with Crippen molar-refractivity contribution in [3.05, 3.63) is 94.0 Å². The predicted octanol–water partition coefficient (Wildman–Crippen LogP) is 6.05. The van der Waals surface area contributed by atoms with Gasteiger partial charge in [0.1, 0.15) is 6.10 Å². The normalized spacial score (nSPS) is 13.4. The first-order chi connectivity index (χ1) is 13.0. The molecule has 0 aromatic heterocycles. The number of rotatable bonds is 7. The number of aliphatic hydroxyl groups excluding tert-OH is 2. The molecule has 0 spiro atoms. The number of aliphatic hydroxyl groups is 2. The molecule has 27 heavy (non-hydrogen) atoms. The van der Waals surface area contributed by atoms with Gasteiger partial charge in [-0.2, -0.15) is 0 Å². The molecule has 0 heterocycles. The molecular formula is C23H22Cl2O2. The highest BCUT2D eigenvalue weighted by atomic mass is 35.5. The summed E-state index contributed by atoms with van der Waals surface area (Å²) in [6, 6.07) is 14.0. The van der Waals surface area contributed by atoms with Gasteiger partial charge in [-0.15, -0.1) is 6.58 Å². The molecule has 0 aliphatic carbocycles. The fourth-order valence-electron chi connectivity index (χ4n) is 2.46. The Morgan fingerprint density at radius 3 is 2.04 bits per heavy atom. The van der Waals surface area contributed by atoms with Crippen molar-refractivity contribution in [2.45, 2.75) is 31.5 Å². The van der Waals surface area contributed by atoms with E-state index in [9.17, 15) is 10.2 Å². The van der Waals surface area contributed by atoms with Gasteiger partial charge in [0.05, 0.1) is 6.10 Å². The van der Waals surface area contributed by atoms with E-state index in [0.717, 1.165) is 24.0 Å². The van der Waals surface area contributed by atoms with Crippen LogP contribution in [0, 0.1) is 11.8 Å². The second-order valence-corrected chi connectivity index (χ2v) is 6.93. The van der Waals surface area contributed by atoms with Crippen LogP contribution in [0.15, 0.2) is 72.8 Å². The maximum Gasteiger partial charge on any atom is 0.111 e. The topological polar surface area (TPSA) is 40.5 Å². The number of allylic oxidation sites excluding steroid dienone is 2. The minimum absolute atomic E-state index is 0.258. The Kier molecular flexibility index (Phi) is 8.64. The van der Waals surface area contributed by atoms with Crippen molar-refractivity contribution in [2.24, 2.45) is 0 Å². The first-order valence-electron chi connectivity index (χ1n) is 8.68. The Bertz CT molecular complexity index is 827. The molecule has 2 rings (SSSR count). The van der Waals surface area contributed by atoms with Gasteiger partial charge in [-0.1, -0.05) is 71.5 Å². The molecule has 0 aliphatic heterocycles. The lowest BCUT2D eigenvalue weighted by Crippen LogP contribution is -2.01. The molecule has 2 atom stereocenters. The SMILES string of the molecule is C=CCC/C=C(\C#CCC(O)c1ccc(Cl)cc1)C(O)c1ccc(Cl)cc1. The highest BCUT2D eigenvalue weighted by molar-refractivity contribution is 6.30. The molecule has 2 aromatic carbocycles. The number of hydrogen-bond donors (Lipinski definition) is 2. The van der Waals surface area contributed by atoms with Crippen molar-refractivity contribution in [3.8, 4) is 11.8 Å². The van der Waals surface area contributed by atoms with E-state index < -0.39 is 12.2 Å². The first kappa shape index (κ1) is 21.3. The smallest absolute Gasteiger partial charge is 0.111 e. The molecule has 0 radical (unpaired) electrons. The van der Waals surface area contributed by atoms with Gasteiger partial charge in [-0.05, 0) is 48.2 Å². The lowest BCUT2D eigenvalue weighted by atomic mass is 10.00. The van der Waals surface area contributed by atoms with E-state index in [1.807, 2.05) is 12.2 Å². The van der Waals surface area contributed by atoms with Gasteiger partial charge in [0, 0.05) is 22.0 Å². The summed E-state index contributed by atoms with van der Waals surface area (Å²) >= 11 is 11.8. The summed E-state index contributed by atoms with van der Waals surface area (Å²) in [5.41, 5.74) is 2.07. The average Bonchev–Trinajstić information content (AvgIpc) is 2.67. The van der Waals surface area contributed by atoms with E-state index >= 15 is 0 Å². The maximum atomic E-state index is 10.7. The fourth-order valence-corrected chi connectivity index (χ4v) is 2.72. The molecule has 0 aliphatic rings. The second kappa shape index (κ2) is 11.0. The van der Waals surface area contributed by atoms with Crippen molar-refractivity contribution in [1.29, 1.82) is 0 Å². The number of unbranched alkanes of at least 4 members (excludes halogenated alkanes) is 1. The lowest BCUT2D eigenvalue weighted by molar-refractivity contribution is 0.184. The van der Waals surface area contributed by atoms with E-state index in [1.54, 1.807) is 48.5 Å². The largest absolute Gasteiger partial charge is 0.387 e. The fraction of sp³-hybridized carbons (Fsp3) is 0.217. The molecule has 2 nitrogen and oxygen atoms in total. The minimum atomic E-state index is -0.841. The molecule has 2 unspecified atom stereocenters. The summed E-state index contributed by atoms with van der Waals surface area (Å²) in [5, 5.41) is 22.2. The van der Waals surface area contributed by atoms with E-state index in [2.05, 4.69) is 18.4 Å². The van der Waals surface area contributed by atoms with Gasteiger partial charge in [0.2, 0.25) is 0 Å². The van der Waals surface area contributed by atoms with Crippen LogP contribution in [0.3, 0.4) is 0 Å². The minimum Gasteiger partial charge on any atom is -0.387 e. The predicted molar refractivity (Wildman–Crippen MR) is 113 cm³/mol. The summed E-state index contributed by atoms with van der Waals surface area (Å²) < 4.78 is 0. The van der Waals surface area contributed by atoms with Crippen molar-refractivity contribution >= 4 is 23.2 Å². The molecule has 4 heteroatoms. The van der Waals surface area contributed by atoms with E-state index in [1.165, 1.54) is 0 Å². The van der Waals surface area contributed by atoms with Crippen LogP contribution < -0.4 is 0 Å². The van der Waals surface area contributed by atoms with Gasteiger partial charge in [-0.25, -0.2) is 0 Å². The number of hydrogen-bond acceptors (Lipinski definition) is 2. The standard InChI is InChI=1S/C23H22Cl2O2/c1-2-3-4-6-18(23(27)19-11-15-21(25)16-12-19)7-5-8-22(26)17-9-13-20(24)14-10-17/h2,6,9-16,22-23,26-27H,1,3-4,8H2/b18-6+. The van der Waals surface area contributed by atoms with Crippen LogP contribution in [0.1, 0.15) is 42.6 Å². The van der Waals surface area contributed by atoms with Crippen LogP contribution >= 0.6 is 23.2 Å². The Labute approximate surface area is 170 Å². The zero-order chi connectivity index (χ0) is 19.6. The summed E-state index contributed by atoms with van der Waals surface area (Å²) in [7, 11) is 0. The van der Waals surface area contributed by atoms with Crippen molar-refractivity contribution in [3.63, 3.8) is 0 Å². The quantitative estimate of drug-likeness (QED) is 0.337. The molecule has 0 saturated heterocycles. The molecule has 0 bridgehead atoms. The molecule has 2 N–H and O–H groups in total. The van der Waals surface area contributed by atoms with Gasteiger partial charge in [0.25, 0.3) is 0 Å². The Balaban J connectivity index is 2.13. The second-order valence-electron chi connectivity index (χ2n) is 6.05. The van der Waals surface area contributed by atoms with Crippen molar-refractivity contribution < 1.29 is 10.2 Å². The van der Waals surface area contributed by atoms with Crippen LogP contribution in [-0.2, 0) is 0 Å². The first-order valence-corrected chi connectivity index (χ1v) is 9.43. The van der Waals surface area contributed by atoms with Crippen LogP contribution in [0.5, 0.6) is 0 Å². The molecule has 140 valence electrons. The van der Waals surface area contributed by atoms with E-state index in [4.69, 9.17) is 23.2 Å². The van der Waals surface area contributed by atoms with Crippen LogP contribution in [0.25, 0.3) is 0 Å². The summed E-state index contributed by atoms with van der Waals surface area (Å²) in [4.78, 5) is 0. The molecular weight excluding hydrogens is 379 g/mol. The molecule has 0 saturated carbocycles. The van der Waals surface area contributed by atoms with Crippen molar-refractivity contribution in [1.82, 2.24) is 0 Å². The third kappa shape index (κ3) is 6.90. The number of halogens is 2. The zero-order valence-corrected chi connectivity index (χ0v) is 16.4. The van der Waals surface area contributed by atoms with Gasteiger partial charge >= 0.3 is 0 Å². The molecule has 0 fully saturated rings. The average molecular weight is 401 g/mol. The van der Waals surface area contributed by atoms with Gasteiger partial charge in [0.15, 0.2) is 0 Å².